The molecule has 2 nitrogen and oxygen atoms in total. The van der Waals surface area contributed by atoms with Gasteiger partial charge in [-0.25, -0.2) is 8.78 Å². The van der Waals surface area contributed by atoms with Crippen LogP contribution in [-0.4, -0.2) is 43.0 Å². The Labute approximate surface area is 98.4 Å². The molecule has 0 saturated carbocycles. The van der Waals surface area contributed by atoms with Crippen molar-refractivity contribution < 1.29 is 8.78 Å². The van der Waals surface area contributed by atoms with E-state index in [-0.39, 0.29) is 18.1 Å². The molecule has 98 valence electrons. The number of hydrogen-bond donors (Lipinski definition) is 1. The Bertz CT molecular complexity index is 190. The molecule has 2 unspecified atom stereocenters. The Morgan fingerprint density at radius 1 is 1.19 bits per heavy atom. The van der Waals surface area contributed by atoms with Crippen LogP contribution in [0.15, 0.2) is 0 Å². The molecule has 0 aromatic heterocycles. The van der Waals surface area contributed by atoms with Gasteiger partial charge in [-0.3, -0.25) is 4.90 Å². The molecule has 0 aliphatic rings. The zero-order valence-corrected chi connectivity index (χ0v) is 11.3. The lowest BCUT2D eigenvalue weighted by Crippen LogP contribution is -2.45. The Morgan fingerprint density at radius 3 is 2.06 bits per heavy atom. The Kier molecular flexibility index (Phi) is 6.41. The predicted octanol–water partition coefficient (Wildman–Crippen LogP) is 2.60. The second-order valence-electron chi connectivity index (χ2n) is 5.68. The van der Waals surface area contributed by atoms with Gasteiger partial charge in [0.25, 0.3) is 6.43 Å². The Balaban J connectivity index is 4.02. The molecule has 0 spiro atoms. The van der Waals surface area contributed by atoms with Crippen molar-refractivity contribution in [2.45, 2.75) is 52.6 Å². The van der Waals surface area contributed by atoms with E-state index in [4.69, 9.17) is 0 Å². The number of alkyl halides is 2. The summed E-state index contributed by atoms with van der Waals surface area (Å²) in [4.78, 5) is 1.72. The molecule has 0 heterocycles. The topological polar surface area (TPSA) is 15.3 Å². The van der Waals surface area contributed by atoms with Gasteiger partial charge in [-0.05, 0) is 47.2 Å². The summed E-state index contributed by atoms with van der Waals surface area (Å²) in [5, 5.41) is 3.40. The summed E-state index contributed by atoms with van der Waals surface area (Å²) < 4.78 is 24.5. The molecule has 0 fully saturated rings. The summed E-state index contributed by atoms with van der Waals surface area (Å²) >= 11 is 0. The van der Waals surface area contributed by atoms with Crippen LogP contribution in [0, 0.1) is 5.92 Å². The second kappa shape index (κ2) is 6.50. The van der Waals surface area contributed by atoms with Crippen LogP contribution in [0.25, 0.3) is 0 Å². The molecule has 0 aliphatic carbocycles. The van der Waals surface area contributed by atoms with Crippen LogP contribution < -0.4 is 5.32 Å². The number of nitrogens with one attached hydrogen (secondary N) is 1. The first-order valence-electron chi connectivity index (χ1n) is 5.87. The van der Waals surface area contributed by atoms with Crippen molar-refractivity contribution >= 4 is 0 Å². The van der Waals surface area contributed by atoms with Crippen molar-refractivity contribution in [1.29, 1.82) is 0 Å². The summed E-state index contributed by atoms with van der Waals surface area (Å²) in [7, 11) is 1.75. The highest BCUT2D eigenvalue weighted by atomic mass is 19.3. The van der Waals surface area contributed by atoms with E-state index in [0.717, 1.165) is 6.54 Å². The molecular formula is C12H26F2N2. The Morgan fingerprint density at radius 2 is 1.69 bits per heavy atom. The van der Waals surface area contributed by atoms with Gasteiger partial charge >= 0.3 is 0 Å². The number of hydrogen-bond acceptors (Lipinski definition) is 2. The standard InChI is InChI=1S/C12H26F2N2/c1-9(7-15-12(3,4)5)10(2)16(6)8-11(13)14/h9-11,15H,7-8H2,1-6H3. The van der Waals surface area contributed by atoms with Crippen molar-refractivity contribution in [2.24, 2.45) is 5.92 Å². The highest BCUT2D eigenvalue weighted by molar-refractivity contribution is 4.77. The van der Waals surface area contributed by atoms with E-state index >= 15 is 0 Å². The van der Waals surface area contributed by atoms with Gasteiger partial charge in [0, 0.05) is 11.6 Å². The first-order valence-corrected chi connectivity index (χ1v) is 5.87. The fourth-order valence-corrected chi connectivity index (χ4v) is 1.46. The van der Waals surface area contributed by atoms with Crippen molar-refractivity contribution in [3.63, 3.8) is 0 Å². The van der Waals surface area contributed by atoms with E-state index in [1.807, 2.05) is 6.92 Å². The van der Waals surface area contributed by atoms with Gasteiger partial charge in [-0.1, -0.05) is 6.92 Å². The predicted molar refractivity (Wildman–Crippen MR) is 65.0 cm³/mol. The zero-order valence-electron chi connectivity index (χ0n) is 11.3. The molecule has 4 heteroatoms. The van der Waals surface area contributed by atoms with Crippen LogP contribution in [0.5, 0.6) is 0 Å². The normalized spacial score (nSPS) is 16.9. The quantitative estimate of drug-likeness (QED) is 0.762. The average Bonchev–Trinajstić information content (AvgIpc) is 2.10. The van der Waals surface area contributed by atoms with Gasteiger partial charge in [-0.2, -0.15) is 0 Å². The molecule has 0 aromatic rings. The van der Waals surface area contributed by atoms with E-state index in [1.165, 1.54) is 0 Å². The van der Waals surface area contributed by atoms with Crippen molar-refractivity contribution in [3.8, 4) is 0 Å². The van der Waals surface area contributed by atoms with Crippen LogP contribution in [0.3, 0.4) is 0 Å². The number of halogens is 2. The first kappa shape index (κ1) is 15.8. The zero-order chi connectivity index (χ0) is 12.9. The third-order valence-electron chi connectivity index (χ3n) is 2.90. The van der Waals surface area contributed by atoms with Gasteiger partial charge < -0.3 is 5.32 Å². The van der Waals surface area contributed by atoms with E-state index in [9.17, 15) is 8.78 Å². The lowest BCUT2D eigenvalue weighted by Gasteiger charge is -2.32. The van der Waals surface area contributed by atoms with Crippen molar-refractivity contribution in [3.05, 3.63) is 0 Å². The maximum atomic E-state index is 12.2. The van der Waals surface area contributed by atoms with Crippen molar-refractivity contribution in [2.75, 3.05) is 20.1 Å². The van der Waals surface area contributed by atoms with E-state index in [2.05, 4.69) is 33.0 Å². The molecule has 0 rings (SSSR count). The maximum Gasteiger partial charge on any atom is 0.251 e. The van der Waals surface area contributed by atoms with Crippen LogP contribution in [0.1, 0.15) is 34.6 Å². The minimum absolute atomic E-state index is 0.0786. The molecule has 0 amide bonds. The van der Waals surface area contributed by atoms with E-state index in [1.54, 1.807) is 11.9 Å². The molecular weight excluding hydrogens is 210 g/mol. The van der Waals surface area contributed by atoms with Crippen LogP contribution in [-0.2, 0) is 0 Å². The third kappa shape index (κ3) is 7.12. The SMILES string of the molecule is CC(CNC(C)(C)C)C(C)N(C)CC(F)F. The van der Waals surface area contributed by atoms with Gasteiger partial charge in [0.1, 0.15) is 0 Å². The third-order valence-corrected chi connectivity index (χ3v) is 2.90. The first-order chi connectivity index (χ1) is 7.13. The highest BCUT2D eigenvalue weighted by Gasteiger charge is 2.21. The highest BCUT2D eigenvalue weighted by Crippen LogP contribution is 2.11. The molecule has 0 aromatic carbocycles. The fraction of sp³-hybridized carbons (Fsp3) is 1.00. The summed E-state index contributed by atoms with van der Waals surface area (Å²) in [6.45, 7) is 11.1. The largest absolute Gasteiger partial charge is 0.312 e. The summed E-state index contributed by atoms with van der Waals surface area (Å²) in [5.74, 6) is 0.350. The van der Waals surface area contributed by atoms with Crippen LogP contribution in [0.2, 0.25) is 0 Å². The lowest BCUT2D eigenvalue weighted by molar-refractivity contribution is 0.0707. The smallest absolute Gasteiger partial charge is 0.251 e. The Hall–Kier alpha value is -0.220. The molecule has 16 heavy (non-hydrogen) atoms. The summed E-state index contributed by atoms with van der Waals surface area (Å²) in [6, 6.07) is 0.156. The average molecular weight is 236 g/mol. The van der Waals surface area contributed by atoms with Crippen molar-refractivity contribution in [1.82, 2.24) is 10.2 Å². The monoisotopic (exact) mass is 236 g/mol. The molecule has 2 atom stereocenters. The molecule has 0 aliphatic heterocycles. The summed E-state index contributed by atoms with van der Waals surface area (Å²) in [5.41, 5.74) is 0.0786. The minimum Gasteiger partial charge on any atom is -0.312 e. The van der Waals surface area contributed by atoms with E-state index in [0.29, 0.717) is 5.92 Å². The molecule has 0 saturated heterocycles. The summed E-state index contributed by atoms with van der Waals surface area (Å²) in [6.07, 6.45) is -2.25. The fourth-order valence-electron chi connectivity index (χ4n) is 1.46. The minimum atomic E-state index is -2.25. The van der Waals surface area contributed by atoms with Gasteiger partial charge in [0.2, 0.25) is 0 Å². The van der Waals surface area contributed by atoms with Crippen LogP contribution in [0.4, 0.5) is 8.78 Å². The number of rotatable bonds is 6. The van der Waals surface area contributed by atoms with Gasteiger partial charge in [0.15, 0.2) is 0 Å². The molecule has 0 bridgehead atoms. The van der Waals surface area contributed by atoms with E-state index < -0.39 is 6.43 Å². The lowest BCUT2D eigenvalue weighted by atomic mass is 10.0. The maximum absolute atomic E-state index is 12.2. The second-order valence-corrected chi connectivity index (χ2v) is 5.68. The van der Waals surface area contributed by atoms with Crippen LogP contribution >= 0.6 is 0 Å². The molecule has 1 N–H and O–H groups in total. The van der Waals surface area contributed by atoms with Gasteiger partial charge in [0.05, 0.1) is 6.54 Å². The molecule has 0 radical (unpaired) electrons. The van der Waals surface area contributed by atoms with Gasteiger partial charge in [-0.15, -0.1) is 0 Å². The number of nitrogens with zero attached hydrogens (tertiary/aromatic N) is 1.